The molecule has 0 radical (unpaired) electrons. The van der Waals surface area contributed by atoms with Crippen molar-refractivity contribution >= 4 is 0 Å². The van der Waals surface area contributed by atoms with Crippen molar-refractivity contribution in [2.24, 2.45) is 11.8 Å². The molecular weight excluding hydrogens is 198 g/mol. The van der Waals surface area contributed by atoms with Crippen LogP contribution in [0.15, 0.2) is 23.9 Å². The SMILES string of the molecule is CC(C)C1C(N(C)C)=CC=CC1OC1CC1. The Balaban J connectivity index is 2.12. The van der Waals surface area contributed by atoms with Gasteiger partial charge in [-0.3, -0.25) is 0 Å². The molecule has 2 rings (SSSR count). The van der Waals surface area contributed by atoms with Crippen molar-refractivity contribution in [1.82, 2.24) is 4.90 Å². The lowest BCUT2D eigenvalue weighted by molar-refractivity contribution is 0.0214. The van der Waals surface area contributed by atoms with E-state index in [1.54, 1.807) is 0 Å². The Labute approximate surface area is 99.0 Å². The third kappa shape index (κ3) is 2.49. The molecule has 90 valence electrons. The number of rotatable bonds is 4. The molecule has 0 aromatic carbocycles. The number of ether oxygens (including phenoxy) is 1. The first-order valence-corrected chi connectivity index (χ1v) is 6.30. The first-order chi connectivity index (χ1) is 7.59. The summed E-state index contributed by atoms with van der Waals surface area (Å²) in [6.45, 7) is 4.56. The van der Waals surface area contributed by atoms with Gasteiger partial charge in [0.25, 0.3) is 0 Å². The summed E-state index contributed by atoms with van der Waals surface area (Å²) >= 11 is 0. The molecule has 0 aromatic rings. The van der Waals surface area contributed by atoms with Crippen molar-refractivity contribution in [2.75, 3.05) is 14.1 Å². The Morgan fingerprint density at radius 1 is 1.31 bits per heavy atom. The van der Waals surface area contributed by atoms with Crippen LogP contribution >= 0.6 is 0 Å². The minimum Gasteiger partial charge on any atom is -0.381 e. The van der Waals surface area contributed by atoms with Crippen LogP contribution in [-0.4, -0.2) is 31.2 Å². The summed E-state index contributed by atoms with van der Waals surface area (Å²) in [5.41, 5.74) is 1.39. The highest BCUT2D eigenvalue weighted by atomic mass is 16.5. The highest BCUT2D eigenvalue weighted by Gasteiger charge is 2.34. The predicted molar refractivity (Wildman–Crippen MR) is 67.1 cm³/mol. The van der Waals surface area contributed by atoms with Gasteiger partial charge in [0.05, 0.1) is 12.2 Å². The van der Waals surface area contributed by atoms with E-state index in [-0.39, 0.29) is 6.10 Å². The quantitative estimate of drug-likeness (QED) is 0.724. The van der Waals surface area contributed by atoms with Crippen molar-refractivity contribution in [3.8, 4) is 0 Å². The van der Waals surface area contributed by atoms with E-state index < -0.39 is 0 Å². The van der Waals surface area contributed by atoms with E-state index in [2.05, 4.69) is 51.1 Å². The molecule has 0 amide bonds. The monoisotopic (exact) mass is 221 g/mol. The maximum absolute atomic E-state index is 6.10. The van der Waals surface area contributed by atoms with Gasteiger partial charge in [-0.05, 0) is 24.8 Å². The van der Waals surface area contributed by atoms with Crippen molar-refractivity contribution < 1.29 is 4.74 Å². The van der Waals surface area contributed by atoms with Gasteiger partial charge in [0.1, 0.15) is 0 Å². The van der Waals surface area contributed by atoms with Crippen LogP contribution in [0.2, 0.25) is 0 Å². The van der Waals surface area contributed by atoms with E-state index in [0.717, 1.165) is 0 Å². The standard InChI is InChI=1S/C14H23NO/c1-10(2)14-12(15(3)4)6-5-7-13(14)16-11-8-9-11/h5-7,10-11,13-14H,8-9H2,1-4H3. The zero-order chi connectivity index (χ0) is 11.7. The number of nitrogens with zero attached hydrogens (tertiary/aromatic N) is 1. The minimum atomic E-state index is 0.273. The van der Waals surface area contributed by atoms with Crippen LogP contribution < -0.4 is 0 Å². The molecule has 1 saturated carbocycles. The van der Waals surface area contributed by atoms with Gasteiger partial charge in [0.15, 0.2) is 0 Å². The fourth-order valence-electron chi connectivity index (χ4n) is 2.39. The van der Waals surface area contributed by atoms with Gasteiger partial charge in [0.2, 0.25) is 0 Å². The summed E-state index contributed by atoms with van der Waals surface area (Å²) < 4.78 is 6.10. The zero-order valence-corrected chi connectivity index (χ0v) is 10.8. The molecule has 0 N–H and O–H groups in total. The molecule has 2 unspecified atom stereocenters. The lowest BCUT2D eigenvalue weighted by Gasteiger charge is -2.36. The Morgan fingerprint density at radius 2 is 2.00 bits per heavy atom. The van der Waals surface area contributed by atoms with E-state index in [1.807, 2.05) is 0 Å². The third-order valence-corrected chi connectivity index (χ3v) is 3.37. The summed E-state index contributed by atoms with van der Waals surface area (Å²) in [4.78, 5) is 2.22. The molecule has 16 heavy (non-hydrogen) atoms. The van der Waals surface area contributed by atoms with Gasteiger partial charge in [0, 0.05) is 25.7 Å². The normalized spacial score (nSPS) is 29.4. The highest BCUT2D eigenvalue weighted by molar-refractivity contribution is 5.24. The second kappa shape index (κ2) is 4.62. The van der Waals surface area contributed by atoms with Crippen LogP contribution in [0.3, 0.4) is 0 Å². The molecule has 1 fully saturated rings. The molecule has 0 spiro atoms. The Kier molecular flexibility index (Phi) is 3.38. The lowest BCUT2D eigenvalue weighted by Crippen LogP contribution is -2.35. The molecular formula is C14H23NO. The summed E-state index contributed by atoms with van der Waals surface area (Å²) in [6, 6.07) is 0. The van der Waals surface area contributed by atoms with Gasteiger partial charge in [-0.2, -0.15) is 0 Å². The van der Waals surface area contributed by atoms with Crippen molar-refractivity contribution in [2.45, 2.75) is 38.9 Å². The van der Waals surface area contributed by atoms with Crippen molar-refractivity contribution in [1.29, 1.82) is 0 Å². The molecule has 0 heterocycles. The summed E-state index contributed by atoms with van der Waals surface area (Å²) in [7, 11) is 4.24. The first kappa shape index (κ1) is 11.7. The second-order valence-electron chi connectivity index (χ2n) is 5.44. The minimum absolute atomic E-state index is 0.273. The van der Waals surface area contributed by atoms with E-state index in [4.69, 9.17) is 4.74 Å². The van der Waals surface area contributed by atoms with Gasteiger partial charge in [-0.1, -0.05) is 26.0 Å². The summed E-state index contributed by atoms with van der Waals surface area (Å²) in [6.07, 6.45) is 9.87. The highest BCUT2D eigenvalue weighted by Crippen LogP contribution is 2.35. The maximum Gasteiger partial charge on any atom is 0.0847 e. The molecule has 2 atom stereocenters. The number of hydrogen-bond acceptors (Lipinski definition) is 2. The molecule has 0 saturated heterocycles. The summed E-state index contributed by atoms with van der Waals surface area (Å²) in [5, 5.41) is 0. The van der Waals surface area contributed by atoms with Crippen molar-refractivity contribution in [3.63, 3.8) is 0 Å². The molecule has 2 heteroatoms. The van der Waals surface area contributed by atoms with Crippen LogP contribution in [0.5, 0.6) is 0 Å². The van der Waals surface area contributed by atoms with Gasteiger partial charge < -0.3 is 9.64 Å². The van der Waals surface area contributed by atoms with Gasteiger partial charge >= 0.3 is 0 Å². The average molecular weight is 221 g/mol. The van der Waals surface area contributed by atoms with Crippen molar-refractivity contribution in [3.05, 3.63) is 23.9 Å². The third-order valence-electron chi connectivity index (χ3n) is 3.37. The van der Waals surface area contributed by atoms with E-state index in [0.29, 0.717) is 17.9 Å². The molecule has 2 aliphatic carbocycles. The summed E-state index contributed by atoms with van der Waals surface area (Å²) in [5.74, 6) is 1.11. The second-order valence-corrected chi connectivity index (χ2v) is 5.44. The Hall–Kier alpha value is -0.760. The number of allylic oxidation sites excluding steroid dienone is 2. The molecule has 2 nitrogen and oxygen atoms in total. The van der Waals surface area contributed by atoms with Crippen LogP contribution in [0, 0.1) is 11.8 Å². The van der Waals surface area contributed by atoms with Gasteiger partial charge in [-0.15, -0.1) is 0 Å². The van der Waals surface area contributed by atoms with Crippen LogP contribution in [0.4, 0.5) is 0 Å². The smallest absolute Gasteiger partial charge is 0.0847 e. The fourth-order valence-corrected chi connectivity index (χ4v) is 2.39. The predicted octanol–water partition coefficient (Wildman–Crippen LogP) is 2.82. The number of hydrogen-bond donors (Lipinski definition) is 0. The van der Waals surface area contributed by atoms with E-state index in [1.165, 1.54) is 18.5 Å². The molecule has 0 aliphatic heterocycles. The van der Waals surface area contributed by atoms with E-state index >= 15 is 0 Å². The maximum atomic E-state index is 6.10. The lowest BCUT2D eigenvalue weighted by atomic mass is 9.83. The fraction of sp³-hybridized carbons (Fsp3) is 0.714. The average Bonchev–Trinajstić information content (AvgIpc) is 3.00. The Morgan fingerprint density at radius 3 is 2.50 bits per heavy atom. The van der Waals surface area contributed by atoms with Crippen LogP contribution in [0.25, 0.3) is 0 Å². The largest absolute Gasteiger partial charge is 0.381 e. The first-order valence-electron chi connectivity index (χ1n) is 6.30. The molecule has 0 aromatic heterocycles. The molecule has 2 aliphatic rings. The molecule has 0 bridgehead atoms. The Bertz CT molecular complexity index is 300. The van der Waals surface area contributed by atoms with E-state index in [9.17, 15) is 0 Å². The topological polar surface area (TPSA) is 12.5 Å². The van der Waals surface area contributed by atoms with Crippen LogP contribution in [0.1, 0.15) is 26.7 Å². The van der Waals surface area contributed by atoms with Crippen LogP contribution in [-0.2, 0) is 4.74 Å². The zero-order valence-electron chi connectivity index (χ0n) is 10.8. The van der Waals surface area contributed by atoms with Gasteiger partial charge in [-0.25, -0.2) is 0 Å².